The van der Waals surface area contributed by atoms with Gasteiger partial charge in [0, 0.05) is 6.04 Å². The second-order valence-electron chi connectivity index (χ2n) is 6.68. The molecule has 0 aromatic rings. The first-order valence-electron chi connectivity index (χ1n) is 9.03. The minimum absolute atomic E-state index is 0.817. The van der Waals surface area contributed by atoms with Gasteiger partial charge in [0.1, 0.15) is 0 Å². The first-order chi connectivity index (χ1) is 9.30. The summed E-state index contributed by atoms with van der Waals surface area (Å²) in [6.45, 7) is 8.26. The Balaban J connectivity index is 2.21. The van der Waals surface area contributed by atoms with Crippen molar-refractivity contribution in [1.82, 2.24) is 5.32 Å². The molecule has 1 nitrogen and oxygen atoms in total. The van der Waals surface area contributed by atoms with Gasteiger partial charge in [-0.25, -0.2) is 0 Å². The second kappa shape index (κ2) is 10.7. The summed E-state index contributed by atoms with van der Waals surface area (Å²) in [5.74, 6) is 1.94. The molecule has 0 spiro atoms. The first kappa shape index (κ1) is 17.0. The molecule has 0 aromatic heterocycles. The lowest BCUT2D eigenvalue weighted by Gasteiger charge is -2.21. The largest absolute Gasteiger partial charge is 0.314 e. The third-order valence-electron chi connectivity index (χ3n) is 5.02. The van der Waals surface area contributed by atoms with Crippen molar-refractivity contribution in [3.05, 3.63) is 0 Å². The van der Waals surface area contributed by atoms with Crippen molar-refractivity contribution in [3.63, 3.8) is 0 Å². The zero-order valence-electron chi connectivity index (χ0n) is 13.7. The topological polar surface area (TPSA) is 12.0 Å². The summed E-state index contributed by atoms with van der Waals surface area (Å²) < 4.78 is 0. The summed E-state index contributed by atoms with van der Waals surface area (Å²) in [4.78, 5) is 0. The van der Waals surface area contributed by atoms with Crippen molar-refractivity contribution < 1.29 is 0 Å². The van der Waals surface area contributed by atoms with E-state index in [-0.39, 0.29) is 0 Å². The van der Waals surface area contributed by atoms with E-state index in [0.717, 1.165) is 17.9 Å². The Hall–Kier alpha value is -0.0400. The summed E-state index contributed by atoms with van der Waals surface area (Å²) >= 11 is 0. The minimum atomic E-state index is 0.817. The van der Waals surface area contributed by atoms with Crippen LogP contribution in [0.15, 0.2) is 0 Å². The van der Waals surface area contributed by atoms with Crippen molar-refractivity contribution >= 4 is 0 Å². The number of rotatable bonds is 9. The lowest BCUT2D eigenvalue weighted by Crippen LogP contribution is -2.33. The number of hydrogen-bond acceptors (Lipinski definition) is 1. The molecule has 0 radical (unpaired) electrons. The van der Waals surface area contributed by atoms with Crippen LogP contribution in [0.1, 0.15) is 91.4 Å². The van der Waals surface area contributed by atoms with Crippen LogP contribution in [-0.2, 0) is 0 Å². The van der Waals surface area contributed by atoms with E-state index >= 15 is 0 Å². The van der Waals surface area contributed by atoms with Crippen LogP contribution in [0.25, 0.3) is 0 Å². The van der Waals surface area contributed by atoms with Crippen LogP contribution in [0.4, 0.5) is 0 Å². The van der Waals surface area contributed by atoms with E-state index < -0.39 is 0 Å². The van der Waals surface area contributed by atoms with Crippen LogP contribution >= 0.6 is 0 Å². The van der Waals surface area contributed by atoms with Gasteiger partial charge < -0.3 is 5.32 Å². The highest BCUT2D eigenvalue weighted by molar-refractivity contribution is 4.76. The third kappa shape index (κ3) is 7.34. The van der Waals surface area contributed by atoms with Crippen molar-refractivity contribution in [3.8, 4) is 0 Å². The van der Waals surface area contributed by atoms with Crippen LogP contribution < -0.4 is 5.32 Å². The fourth-order valence-corrected chi connectivity index (χ4v) is 3.56. The number of hydrogen-bond donors (Lipinski definition) is 1. The van der Waals surface area contributed by atoms with Gasteiger partial charge in [0.2, 0.25) is 0 Å². The van der Waals surface area contributed by atoms with Gasteiger partial charge in [-0.05, 0) is 44.1 Å². The second-order valence-corrected chi connectivity index (χ2v) is 6.68. The van der Waals surface area contributed by atoms with Gasteiger partial charge in [-0.1, -0.05) is 65.7 Å². The van der Waals surface area contributed by atoms with E-state index in [1.807, 2.05) is 0 Å². The molecule has 1 aliphatic carbocycles. The maximum atomic E-state index is 3.88. The van der Waals surface area contributed by atoms with Gasteiger partial charge in [-0.15, -0.1) is 0 Å². The first-order valence-corrected chi connectivity index (χ1v) is 9.03. The van der Waals surface area contributed by atoms with Gasteiger partial charge in [-0.2, -0.15) is 0 Å². The predicted octanol–water partition coefficient (Wildman–Crippen LogP) is 5.54. The molecular formula is C18H37N. The molecule has 3 unspecified atom stereocenters. The summed E-state index contributed by atoms with van der Waals surface area (Å²) in [6, 6.07) is 0.817. The Bertz CT molecular complexity index is 202. The molecule has 0 aromatic carbocycles. The molecule has 0 heterocycles. The van der Waals surface area contributed by atoms with E-state index in [0.29, 0.717) is 0 Å². The molecule has 1 fully saturated rings. The van der Waals surface area contributed by atoms with Gasteiger partial charge in [0.05, 0.1) is 0 Å². The van der Waals surface area contributed by atoms with E-state index in [4.69, 9.17) is 0 Å². The average molecular weight is 268 g/mol. The fourth-order valence-electron chi connectivity index (χ4n) is 3.56. The van der Waals surface area contributed by atoms with Crippen LogP contribution in [-0.4, -0.2) is 12.6 Å². The predicted molar refractivity (Wildman–Crippen MR) is 86.6 cm³/mol. The van der Waals surface area contributed by atoms with Gasteiger partial charge in [0.15, 0.2) is 0 Å². The van der Waals surface area contributed by atoms with E-state index in [9.17, 15) is 0 Å². The highest BCUT2D eigenvalue weighted by Crippen LogP contribution is 2.27. The summed E-state index contributed by atoms with van der Waals surface area (Å²) in [5, 5.41) is 3.88. The zero-order chi connectivity index (χ0) is 13.9. The monoisotopic (exact) mass is 267 g/mol. The molecule has 0 aliphatic heterocycles. The maximum Gasteiger partial charge on any atom is 0.00672 e. The quantitative estimate of drug-likeness (QED) is 0.541. The Morgan fingerprint density at radius 3 is 2.53 bits per heavy atom. The molecule has 1 rings (SSSR count). The lowest BCUT2D eigenvalue weighted by atomic mass is 9.95. The summed E-state index contributed by atoms with van der Waals surface area (Å²) in [6.07, 6.45) is 15.6. The van der Waals surface area contributed by atoms with Crippen LogP contribution in [0.2, 0.25) is 0 Å². The third-order valence-corrected chi connectivity index (χ3v) is 5.02. The Kier molecular flexibility index (Phi) is 9.59. The smallest absolute Gasteiger partial charge is 0.00672 e. The fraction of sp³-hybridized carbons (Fsp3) is 1.00. The Labute approximate surface area is 121 Å². The molecule has 114 valence electrons. The van der Waals surface area contributed by atoms with Crippen molar-refractivity contribution in [2.45, 2.75) is 97.4 Å². The number of unbranched alkanes of at least 4 members (excludes halogenated alkanes) is 1. The molecule has 3 atom stereocenters. The normalized spacial score (nSPS) is 26.1. The molecule has 0 saturated heterocycles. The van der Waals surface area contributed by atoms with Crippen molar-refractivity contribution in [2.75, 3.05) is 6.54 Å². The molecule has 1 heteroatoms. The molecule has 19 heavy (non-hydrogen) atoms. The lowest BCUT2D eigenvalue weighted by molar-refractivity contribution is 0.364. The van der Waals surface area contributed by atoms with Gasteiger partial charge >= 0.3 is 0 Å². The molecular weight excluding hydrogens is 230 g/mol. The standard InChI is InChI=1S/C18H37N/c1-4-7-10-16(6-3)15-19-18-12-8-11-17(9-5-2)13-14-18/h16-19H,4-15H2,1-3H3. The molecule has 0 bridgehead atoms. The maximum absolute atomic E-state index is 3.88. The van der Waals surface area contributed by atoms with Gasteiger partial charge in [0.25, 0.3) is 0 Å². The SMILES string of the molecule is CCCCC(CC)CNC1CCCC(CCC)CC1. The van der Waals surface area contributed by atoms with Crippen LogP contribution in [0.5, 0.6) is 0 Å². The summed E-state index contributed by atoms with van der Waals surface area (Å²) in [5.41, 5.74) is 0. The van der Waals surface area contributed by atoms with E-state index in [1.165, 1.54) is 77.2 Å². The number of nitrogens with one attached hydrogen (secondary N) is 1. The highest BCUT2D eigenvalue weighted by atomic mass is 14.9. The highest BCUT2D eigenvalue weighted by Gasteiger charge is 2.18. The molecule has 0 amide bonds. The van der Waals surface area contributed by atoms with Crippen LogP contribution in [0, 0.1) is 11.8 Å². The van der Waals surface area contributed by atoms with Crippen molar-refractivity contribution in [2.24, 2.45) is 11.8 Å². The summed E-state index contributed by atoms with van der Waals surface area (Å²) in [7, 11) is 0. The Morgan fingerprint density at radius 2 is 1.84 bits per heavy atom. The van der Waals surface area contributed by atoms with Crippen LogP contribution in [0.3, 0.4) is 0 Å². The Morgan fingerprint density at radius 1 is 1.00 bits per heavy atom. The average Bonchev–Trinajstić information content (AvgIpc) is 2.65. The molecule has 1 aliphatic rings. The molecule has 1 N–H and O–H groups in total. The van der Waals surface area contributed by atoms with E-state index in [2.05, 4.69) is 26.1 Å². The van der Waals surface area contributed by atoms with E-state index in [1.54, 1.807) is 0 Å². The zero-order valence-corrected chi connectivity index (χ0v) is 13.7. The molecule has 1 saturated carbocycles. The van der Waals surface area contributed by atoms with Crippen molar-refractivity contribution in [1.29, 1.82) is 0 Å². The minimum Gasteiger partial charge on any atom is -0.314 e. The van der Waals surface area contributed by atoms with Gasteiger partial charge in [-0.3, -0.25) is 0 Å².